The average Bonchev–Trinajstić information content (AvgIpc) is 2.22. The van der Waals surface area contributed by atoms with Crippen LogP contribution in [0.4, 0.5) is 0 Å². The van der Waals surface area contributed by atoms with Gasteiger partial charge in [-0.05, 0) is 7.05 Å². The van der Waals surface area contributed by atoms with Crippen LogP contribution in [-0.2, 0) is 9.53 Å². The summed E-state index contributed by atoms with van der Waals surface area (Å²) in [4.78, 5) is 13.8. The number of ketones is 1. The van der Waals surface area contributed by atoms with E-state index in [1.54, 1.807) is 0 Å². The topological polar surface area (TPSA) is 41.6 Å². The number of nitrogens with one attached hydrogen (secondary N) is 1. The van der Waals surface area contributed by atoms with E-state index < -0.39 is 0 Å². The maximum absolute atomic E-state index is 11.6. The van der Waals surface area contributed by atoms with E-state index in [2.05, 4.69) is 29.9 Å². The molecule has 0 aromatic rings. The fourth-order valence-electron chi connectivity index (χ4n) is 1.71. The minimum Gasteiger partial charge on any atom is -0.371 e. The average molecular weight is 232 g/mol. The van der Waals surface area contributed by atoms with Gasteiger partial charge in [0, 0.05) is 38.5 Å². The molecule has 0 bridgehead atoms. The SMILES string of the molecule is CN1CCNCC1CC(=O)CCOCS. The second-order valence-corrected chi connectivity index (χ2v) is 4.13. The lowest BCUT2D eigenvalue weighted by Crippen LogP contribution is -2.50. The molecule has 1 unspecified atom stereocenters. The molecule has 0 amide bonds. The normalized spacial score (nSPS) is 22.9. The first-order chi connectivity index (χ1) is 7.24. The molecule has 1 aliphatic rings. The van der Waals surface area contributed by atoms with Gasteiger partial charge in [-0.2, -0.15) is 12.6 Å². The standard InChI is InChI=1S/C10H20N2O2S/c1-12-4-3-11-7-9(12)6-10(13)2-5-14-8-15/h9,11,15H,2-8H2,1H3. The third-order valence-electron chi connectivity index (χ3n) is 2.72. The lowest BCUT2D eigenvalue weighted by Gasteiger charge is -2.32. The number of thiol groups is 1. The van der Waals surface area contributed by atoms with E-state index in [9.17, 15) is 4.79 Å². The Morgan fingerprint density at radius 3 is 3.13 bits per heavy atom. The molecule has 4 nitrogen and oxygen atoms in total. The van der Waals surface area contributed by atoms with Crippen molar-refractivity contribution >= 4 is 18.4 Å². The minimum atomic E-state index is 0.275. The highest BCUT2D eigenvalue weighted by Gasteiger charge is 2.20. The predicted molar refractivity (Wildman–Crippen MR) is 63.3 cm³/mol. The van der Waals surface area contributed by atoms with E-state index in [-0.39, 0.29) is 5.78 Å². The summed E-state index contributed by atoms with van der Waals surface area (Å²) in [7, 11) is 2.07. The second kappa shape index (κ2) is 7.22. The van der Waals surface area contributed by atoms with Gasteiger partial charge in [-0.1, -0.05) is 0 Å². The fourth-order valence-corrected chi connectivity index (χ4v) is 1.84. The van der Waals surface area contributed by atoms with Crippen LogP contribution in [0.3, 0.4) is 0 Å². The van der Waals surface area contributed by atoms with Gasteiger partial charge in [0.1, 0.15) is 5.78 Å². The second-order valence-electron chi connectivity index (χ2n) is 3.87. The molecule has 1 fully saturated rings. The van der Waals surface area contributed by atoms with Crippen LogP contribution in [-0.4, -0.2) is 56.0 Å². The third-order valence-corrected chi connectivity index (χ3v) is 2.91. The minimum absolute atomic E-state index is 0.275. The molecule has 0 radical (unpaired) electrons. The molecular weight excluding hydrogens is 212 g/mol. The number of carbonyl (C=O) groups is 1. The van der Waals surface area contributed by atoms with Crippen molar-refractivity contribution in [1.29, 1.82) is 0 Å². The van der Waals surface area contributed by atoms with Crippen molar-refractivity contribution in [2.45, 2.75) is 18.9 Å². The molecule has 0 spiro atoms. The Morgan fingerprint density at radius 1 is 1.67 bits per heavy atom. The maximum Gasteiger partial charge on any atom is 0.136 e. The van der Waals surface area contributed by atoms with Crippen molar-refractivity contribution in [2.75, 3.05) is 39.2 Å². The van der Waals surface area contributed by atoms with Gasteiger partial charge in [0.15, 0.2) is 0 Å². The van der Waals surface area contributed by atoms with Gasteiger partial charge < -0.3 is 15.0 Å². The van der Waals surface area contributed by atoms with Gasteiger partial charge in [0.2, 0.25) is 0 Å². The lowest BCUT2D eigenvalue weighted by molar-refractivity contribution is -0.121. The van der Waals surface area contributed by atoms with Gasteiger partial charge in [0.25, 0.3) is 0 Å². The van der Waals surface area contributed by atoms with Crippen LogP contribution in [0.2, 0.25) is 0 Å². The van der Waals surface area contributed by atoms with Crippen LogP contribution < -0.4 is 5.32 Å². The maximum atomic E-state index is 11.6. The number of ether oxygens (including phenoxy) is 1. The van der Waals surface area contributed by atoms with Gasteiger partial charge in [-0.25, -0.2) is 0 Å². The Morgan fingerprint density at radius 2 is 2.47 bits per heavy atom. The van der Waals surface area contributed by atoms with Crippen molar-refractivity contribution in [3.8, 4) is 0 Å². The number of Topliss-reactive ketones (excluding diaryl/α,β-unsaturated/α-hetero) is 1. The summed E-state index contributed by atoms with van der Waals surface area (Å²) < 4.78 is 5.03. The Hall–Kier alpha value is -0.100. The predicted octanol–water partition coefficient (Wildman–Crippen LogP) is 0.143. The Bertz CT molecular complexity index is 202. The van der Waals surface area contributed by atoms with E-state index >= 15 is 0 Å². The summed E-state index contributed by atoms with van der Waals surface area (Å²) in [5.41, 5.74) is 0. The largest absolute Gasteiger partial charge is 0.371 e. The zero-order valence-electron chi connectivity index (χ0n) is 9.24. The molecule has 0 aromatic heterocycles. The summed E-state index contributed by atoms with van der Waals surface area (Å²) in [6.45, 7) is 3.44. The number of carbonyl (C=O) groups excluding carboxylic acids is 1. The highest BCUT2D eigenvalue weighted by molar-refractivity contribution is 7.80. The Balaban J connectivity index is 2.18. The van der Waals surface area contributed by atoms with Gasteiger partial charge in [-0.15, -0.1) is 0 Å². The van der Waals surface area contributed by atoms with Gasteiger partial charge in [0.05, 0.1) is 12.5 Å². The quantitative estimate of drug-likeness (QED) is 0.388. The molecule has 0 saturated carbocycles. The molecule has 0 aliphatic carbocycles. The van der Waals surface area contributed by atoms with Crippen molar-refractivity contribution in [3.05, 3.63) is 0 Å². The number of piperazine rings is 1. The molecular formula is C10H20N2O2S. The first-order valence-corrected chi connectivity index (χ1v) is 5.98. The van der Waals surface area contributed by atoms with E-state index in [0.29, 0.717) is 31.4 Å². The van der Waals surface area contributed by atoms with Crippen LogP contribution in [0.15, 0.2) is 0 Å². The van der Waals surface area contributed by atoms with Crippen molar-refractivity contribution in [1.82, 2.24) is 10.2 Å². The number of likely N-dealkylation sites (N-methyl/N-ethyl adjacent to an activating group) is 1. The highest BCUT2D eigenvalue weighted by atomic mass is 32.1. The molecule has 15 heavy (non-hydrogen) atoms. The smallest absolute Gasteiger partial charge is 0.136 e. The Kier molecular flexibility index (Phi) is 6.24. The highest BCUT2D eigenvalue weighted by Crippen LogP contribution is 2.06. The monoisotopic (exact) mass is 232 g/mol. The number of nitrogens with zero attached hydrogens (tertiary/aromatic N) is 1. The summed E-state index contributed by atoms with van der Waals surface area (Å²) in [6, 6.07) is 0.349. The van der Waals surface area contributed by atoms with Gasteiger partial charge in [-0.3, -0.25) is 4.79 Å². The molecule has 1 atom stereocenters. The number of rotatable bonds is 6. The third kappa shape index (κ3) is 4.97. The zero-order valence-corrected chi connectivity index (χ0v) is 10.1. The zero-order chi connectivity index (χ0) is 11.1. The summed E-state index contributed by atoms with van der Waals surface area (Å²) in [5, 5.41) is 3.30. The van der Waals surface area contributed by atoms with Gasteiger partial charge >= 0.3 is 0 Å². The van der Waals surface area contributed by atoms with Crippen LogP contribution in [0.25, 0.3) is 0 Å². The van der Waals surface area contributed by atoms with Crippen LogP contribution in [0.5, 0.6) is 0 Å². The van der Waals surface area contributed by atoms with Crippen LogP contribution >= 0.6 is 12.6 Å². The number of hydrogen-bond donors (Lipinski definition) is 2. The summed E-state index contributed by atoms with van der Waals surface area (Å²) in [6.07, 6.45) is 1.13. The molecule has 1 aliphatic heterocycles. The number of hydrogen-bond acceptors (Lipinski definition) is 5. The fraction of sp³-hybridized carbons (Fsp3) is 0.900. The van der Waals surface area contributed by atoms with E-state index in [1.165, 1.54) is 0 Å². The van der Waals surface area contributed by atoms with Crippen molar-refractivity contribution in [2.24, 2.45) is 0 Å². The molecule has 88 valence electrons. The van der Waals surface area contributed by atoms with Crippen LogP contribution in [0.1, 0.15) is 12.8 Å². The molecule has 1 saturated heterocycles. The molecule has 1 N–H and O–H groups in total. The summed E-state index contributed by atoms with van der Waals surface area (Å²) in [5.74, 6) is 0.662. The molecule has 1 heterocycles. The van der Waals surface area contributed by atoms with E-state index in [0.717, 1.165) is 19.6 Å². The lowest BCUT2D eigenvalue weighted by atomic mass is 10.1. The molecule has 1 rings (SSSR count). The van der Waals surface area contributed by atoms with E-state index in [4.69, 9.17) is 4.74 Å². The summed E-state index contributed by atoms with van der Waals surface area (Å²) >= 11 is 3.92. The molecule has 5 heteroatoms. The molecule has 0 aromatic carbocycles. The van der Waals surface area contributed by atoms with E-state index in [1.807, 2.05) is 0 Å². The van der Waals surface area contributed by atoms with Crippen molar-refractivity contribution < 1.29 is 9.53 Å². The first-order valence-electron chi connectivity index (χ1n) is 5.35. The van der Waals surface area contributed by atoms with Crippen LogP contribution in [0, 0.1) is 0 Å². The first kappa shape index (κ1) is 13.0. The van der Waals surface area contributed by atoms with Crippen molar-refractivity contribution in [3.63, 3.8) is 0 Å². The Labute approximate surface area is 96.8 Å².